The fourth-order valence-electron chi connectivity index (χ4n) is 6.89. The summed E-state index contributed by atoms with van der Waals surface area (Å²) in [6, 6.07) is 20.8. The molecule has 2 saturated heterocycles. The van der Waals surface area contributed by atoms with Crippen molar-refractivity contribution in [3.63, 3.8) is 0 Å². The van der Waals surface area contributed by atoms with Gasteiger partial charge >= 0.3 is 24.3 Å². The first-order valence-electron chi connectivity index (χ1n) is 19.9. The maximum absolute atomic E-state index is 11.2. The zero-order valence-corrected chi connectivity index (χ0v) is 33.4. The van der Waals surface area contributed by atoms with Crippen molar-refractivity contribution in [3.8, 4) is 0 Å². The number of hydrogen-bond donors (Lipinski definition) is 6. The second-order valence-electron chi connectivity index (χ2n) is 15.0. The van der Waals surface area contributed by atoms with Crippen LogP contribution in [0.15, 0.2) is 67.0 Å². The largest absolute Gasteiger partial charge is 0.490 e. The number of aliphatic hydroxyl groups is 2. The second-order valence-corrected chi connectivity index (χ2v) is 15.0. The SMILES string of the molecule is O=C(O)C(F)(F)F.O=C(O)C(F)(F)F.O[C@@H]1[C@H](O)[C@@H](c2nnn(CC3CC3)n2)O[C@H]1n1cnc2c(NCC(c3ccccc3)c3ccccc3)nc(NCCN3CCCCC3)nc21. The first kappa shape index (κ1) is 46.5. The predicted molar refractivity (Wildman–Crippen MR) is 210 cm³/mol. The van der Waals surface area contributed by atoms with E-state index in [1.54, 1.807) is 15.7 Å². The Bertz CT molecular complexity index is 2190. The summed E-state index contributed by atoms with van der Waals surface area (Å²) >= 11 is 0. The van der Waals surface area contributed by atoms with Crippen LogP contribution in [0.2, 0.25) is 0 Å². The number of aliphatic hydroxyl groups excluding tert-OH is 2. The normalized spacial score (nSPS) is 20.4. The highest BCUT2D eigenvalue weighted by atomic mass is 19.4. The third-order valence-electron chi connectivity index (χ3n) is 10.3. The lowest BCUT2D eigenvalue weighted by Gasteiger charge is -2.26. The average molecular weight is 894 g/mol. The van der Waals surface area contributed by atoms with Crippen LogP contribution in [0.25, 0.3) is 11.2 Å². The van der Waals surface area contributed by atoms with Gasteiger partial charge in [0, 0.05) is 25.6 Å². The van der Waals surface area contributed by atoms with Crippen LogP contribution >= 0.6 is 0 Å². The number of alkyl halides is 6. The lowest BCUT2D eigenvalue weighted by Crippen LogP contribution is -2.34. The number of nitrogens with zero attached hydrogens (tertiary/aromatic N) is 9. The molecule has 0 unspecified atom stereocenters. The number of aliphatic carboxylic acids is 2. The van der Waals surface area contributed by atoms with E-state index in [0.29, 0.717) is 48.5 Å². The molecule has 6 N–H and O–H groups in total. The van der Waals surface area contributed by atoms with Crippen molar-refractivity contribution in [2.75, 3.05) is 43.4 Å². The van der Waals surface area contributed by atoms with Gasteiger partial charge in [0.15, 0.2) is 29.3 Å². The van der Waals surface area contributed by atoms with Gasteiger partial charge in [0.05, 0.1) is 12.9 Å². The number of fused-ring (bicyclic) bond motifs is 1. The zero-order valence-electron chi connectivity index (χ0n) is 33.4. The Hall–Kier alpha value is -5.98. The molecule has 1 aliphatic carbocycles. The van der Waals surface area contributed by atoms with E-state index in [1.165, 1.54) is 30.4 Å². The number of benzene rings is 2. The van der Waals surface area contributed by atoms with Gasteiger partial charge in [-0.2, -0.15) is 41.1 Å². The number of nitrogens with one attached hydrogen (secondary N) is 2. The lowest BCUT2D eigenvalue weighted by molar-refractivity contribution is -0.193. The van der Waals surface area contributed by atoms with Gasteiger partial charge in [-0.3, -0.25) is 4.57 Å². The predicted octanol–water partition coefficient (Wildman–Crippen LogP) is 4.62. The van der Waals surface area contributed by atoms with Gasteiger partial charge in [-0.1, -0.05) is 67.1 Å². The van der Waals surface area contributed by atoms with E-state index in [2.05, 4.69) is 79.5 Å². The number of ether oxygens (including phenoxy) is 1. The molecule has 2 aliphatic heterocycles. The minimum atomic E-state index is -5.08. The molecule has 0 radical (unpaired) electrons. The molecule has 5 heterocycles. The molecule has 0 spiro atoms. The summed E-state index contributed by atoms with van der Waals surface area (Å²) in [5.74, 6) is -3.65. The molecule has 2 aromatic carbocycles. The Morgan fingerprint density at radius 2 is 1.41 bits per heavy atom. The van der Waals surface area contributed by atoms with Crippen molar-refractivity contribution >= 4 is 34.9 Å². The molecule has 24 heteroatoms. The number of piperidine rings is 1. The Morgan fingerprint density at radius 3 is 1.97 bits per heavy atom. The second kappa shape index (κ2) is 20.5. The maximum Gasteiger partial charge on any atom is 0.490 e. The van der Waals surface area contributed by atoms with Crippen LogP contribution in [0.4, 0.5) is 38.1 Å². The minimum absolute atomic E-state index is 0.0572. The molecular formula is C39H45F6N11O7. The third-order valence-corrected chi connectivity index (χ3v) is 10.3. The summed E-state index contributed by atoms with van der Waals surface area (Å²) in [6.07, 6.45) is -7.02. The molecule has 340 valence electrons. The van der Waals surface area contributed by atoms with Gasteiger partial charge in [0.2, 0.25) is 11.8 Å². The number of anilines is 2. The van der Waals surface area contributed by atoms with Gasteiger partial charge < -0.3 is 40.7 Å². The lowest BCUT2D eigenvalue weighted by atomic mass is 9.91. The van der Waals surface area contributed by atoms with Crippen molar-refractivity contribution in [2.45, 2.75) is 81.5 Å². The van der Waals surface area contributed by atoms with Crippen LogP contribution in [0.5, 0.6) is 0 Å². The van der Waals surface area contributed by atoms with E-state index >= 15 is 0 Å². The van der Waals surface area contributed by atoms with Gasteiger partial charge in [0.1, 0.15) is 12.2 Å². The Balaban J connectivity index is 0.000000409. The summed E-state index contributed by atoms with van der Waals surface area (Å²) in [5, 5.41) is 56.3. The molecule has 3 aromatic heterocycles. The number of rotatable bonds is 13. The van der Waals surface area contributed by atoms with Crippen LogP contribution in [-0.4, -0.2) is 134 Å². The fourth-order valence-corrected chi connectivity index (χ4v) is 6.89. The number of carboxylic acid groups (broad SMARTS) is 2. The summed E-state index contributed by atoms with van der Waals surface area (Å²) in [6.45, 7) is 5.02. The molecule has 3 aliphatic rings. The number of hydrogen-bond acceptors (Lipinski definition) is 14. The molecule has 1 saturated carbocycles. The Morgan fingerprint density at radius 1 is 0.825 bits per heavy atom. The zero-order chi connectivity index (χ0) is 45.3. The monoisotopic (exact) mass is 893 g/mol. The van der Waals surface area contributed by atoms with E-state index in [4.69, 9.17) is 39.5 Å². The van der Waals surface area contributed by atoms with Gasteiger partial charge in [0.25, 0.3) is 0 Å². The molecule has 18 nitrogen and oxygen atoms in total. The number of carbonyl (C=O) groups is 2. The summed E-state index contributed by atoms with van der Waals surface area (Å²) in [7, 11) is 0. The molecule has 4 atom stereocenters. The van der Waals surface area contributed by atoms with Crippen molar-refractivity contribution in [1.29, 1.82) is 0 Å². The van der Waals surface area contributed by atoms with Crippen molar-refractivity contribution in [3.05, 3.63) is 83.9 Å². The molecular weight excluding hydrogens is 848 g/mol. The quantitative estimate of drug-likeness (QED) is 0.0884. The summed E-state index contributed by atoms with van der Waals surface area (Å²) < 4.78 is 71.4. The molecule has 0 bridgehead atoms. The smallest absolute Gasteiger partial charge is 0.475 e. The summed E-state index contributed by atoms with van der Waals surface area (Å²) in [4.78, 5) is 36.3. The maximum atomic E-state index is 11.2. The first-order valence-corrected chi connectivity index (χ1v) is 19.9. The first-order chi connectivity index (χ1) is 30.0. The third kappa shape index (κ3) is 12.6. The van der Waals surface area contributed by atoms with Gasteiger partial charge in [-0.05, 0) is 61.0 Å². The Kier molecular flexibility index (Phi) is 15.1. The van der Waals surface area contributed by atoms with Gasteiger partial charge in [-0.15, -0.1) is 10.2 Å². The molecule has 0 amide bonds. The highest BCUT2D eigenvalue weighted by Gasteiger charge is 2.47. The van der Waals surface area contributed by atoms with Crippen molar-refractivity contribution < 1.29 is 61.1 Å². The van der Waals surface area contributed by atoms with E-state index < -0.39 is 48.8 Å². The number of halogens is 6. The summed E-state index contributed by atoms with van der Waals surface area (Å²) in [5.41, 5.74) is 3.36. The number of imidazole rings is 1. The van der Waals surface area contributed by atoms with E-state index in [-0.39, 0.29) is 11.7 Å². The number of tetrazole rings is 1. The number of likely N-dealkylation sites (tertiary alicyclic amines) is 1. The molecule has 3 fully saturated rings. The highest BCUT2D eigenvalue weighted by Crippen LogP contribution is 2.39. The number of aromatic nitrogens is 8. The van der Waals surface area contributed by atoms with Crippen LogP contribution in [0.3, 0.4) is 0 Å². The molecule has 8 rings (SSSR count). The van der Waals surface area contributed by atoms with Crippen molar-refractivity contribution in [2.24, 2.45) is 5.92 Å². The Labute approximate surface area is 354 Å². The molecule has 63 heavy (non-hydrogen) atoms. The van der Waals surface area contributed by atoms with Crippen molar-refractivity contribution in [1.82, 2.24) is 44.6 Å². The molecule has 5 aromatic rings. The highest BCUT2D eigenvalue weighted by molar-refractivity contribution is 5.84. The van der Waals surface area contributed by atoms with Crippen LogP contribution in [-0.2, 0) is 20.9 Å². The average Bonchev–Trinajstić information content (AvgIpc) is 3.64. The van der Waals surface area contributed by atoms with Crippen LogP contribution < -0.4 is 10.6 Å². The van der Waals surface area contributed by atoms with E-state index in [0.717, 1.165) is 32.5 Å². The minimum Gasteiger partial charge on any atom is -0.475 e. The van der Waals surface area contributed by atoms with E-state index in [9.17, 15) is 36.6 Å². The standard InChI is InChI=1S/C35H43N11O3.2C2HF3O2/c47-28-29(48)34(49-30(28)32-41-43-46(42-32)21-23-14-15-23)45-22-38-27-31(39-35(40-33(27)45)36-16-19-44-17-8-3-9-18-44)37-20-26(24-10-4-1-5-11-24)25-12-6-2-7-13-25;2*3-2(4,5)1(6)7/h1-2,4-7,10-13,22-23,26,28-30,34,47-48H,3,8-9,14-21H2,(H2,36,37,39,40);2*(H,6,7)/t28-,29+,30-,34+;;/m0../s1. The topological polar surface area (TPSA) is 239 Å². The van der Waals surface area contributed by atoms with Crippen LogP contribution in [0, 0.1) is 5.92 Å². The van der Waals surface area contributed by atoms with Gasteiger partial charge in [-0.25, -0.2) is 14.6 Å². The van der Waals surface area contributed by atoms with Crippen LogP contribution in [0.1, 0.15) is 67.3 Å². The fraction of sp³-hybridized carbons (Fsp3) is 0.487. The van der Waals surface area contributed by atoms with E-state index in [1.807, 2.05) is 12.1 Å². The number of carboxylic acids is 2.